The lowest BCUT2D eigenvalue weighted by Crippen LogP contribution is -2.13. The number of hydrogen-bond donors (Lipinski definition) is 0. The molecule has 72 valence electrons. The summed E-state index contributed by atoms with van der Waals surface area (Å²) in [7, 11) is 0. The molecule has 0 amide bonds. The van der Waals surface area contributed by atoms with Crippen LogP contribution in [-0.4, -0.2) is 24.2 Å². The summed E-state index contributed by atoms with van der Waals surface area (Å²) >= 11 is 2.03. The van der Waals surface area contributed by atoms with E-state index < -0.39 is 0 Å². The summed E-state index contributed by atoms with van der Waals surface area (Å²) in [5, 5.41) is 0. The Morgan fingerprint density at radius 1 is 1.42 bits per heavy atom. The van der Waals surface area contributed by atoms with E-state index >= 15 is 0 Å². The van der Waals surface area contributed by atoms with Crippen molar-refractivity contribution in [2.24, 2.45) is 5.41 Å². The number of ether oxygens (including phenoxy) is 1. The fraction of sp³-hybridized carbons (Fsp3) is 1.00. The maximum absolute atomic E-state index is 5.55. The van der Waals surface area contributed by atoms with Gasteiger partial charge in [0.05, 0.1) is 6.10 Å². The van der Waals surface area contributed by atoms with E-state index in [0.717, 1.165) is 6.61 Å². The number of hydrogen-bond acceptors (Lipinski definition) is 2. The normalized spacial score (nSPS) is 24.8. The molecule has 1 aliphatic heterocycles. The molecule has 1 saturated heterocycles. The van der Waals surface area contributed by atoms with Gasteiger partial charge in [-0.05, 0) is 24.0 Å². The van der Waals surface area contributed by atoms with Gasteiger partial charge in [-0.2, -0.15) is 11.8 Å². The van der Waals surface area contributed by atoms with Crippen LogP contribution in [0.25, 0.3) is 0 Å². The van der Waals surface area contributed by atoms with Crippen molar-refractivity contribution >= 4 is 11.8 Å². The van der Waals surface area contributed by atoms with Crippen LogP contribution in [-0.2, 0) is 4.74 Å². The molecule has 0 bridgehead atoms. The summed E-state index contributed by atoms with van der Waals surface area (Å²) in [6.45, 7) is 7.85. The molecule has 0 aliphatic carbocycles. The van der Waals surface area contributed by atoms with E-state index in [4.69, 9.17) is 4.74 Å². The molecule has 0 aromatic rings. The molecule has 1 rings (SSSR count). The molecule has 0 aromatic heterocycles. The predicted octanol–water partition coefficient (Wildman–Crippen LogP) is 2.94. The van der Waals surface area contributed by atoms with Crippen LogP contribution in [0.3, 0.4) is 0 Å². The van der Waals surface area contributed by atoms with Crippen molar-refractivity contribution in [1.82, 2.24) is 0 Å². The molecule has 2 heteroatoms. The van der Waals surface area contributed by atoms with Gasteiger partial charge in [0.15, 0.2) is 0 Å². The van der Waals surface area contributed by atoms with Crippen LogP contribution in [0, 0.1) is 5.41 Å². The second kappa shape index (κ2) is 4.52. The smallest absolute Gasteiger partial charge is 0.0666 e. The Bertz CT molecular complexity index is 122. The van der Waals surface area contributed by atoms with Gasteiger partial charge in [0.25, 0.3) is 0 Å². The summed E-state index contributed by atoms with van der Waals surface area (Å²) in [6.07, 6.45) is 3.09. The van der Waals surface area contributed by atoms with Gasteiger partial charge in [-0.15, -0.1) is 0 Å². The van der Waals surface area contributed by atoms with Crippen LogP contribution in [0.5, 0.6) is 0 Å². The summed E-state index contributed by atoms with van der Waals surface area (Å²) in [6, 6.07) is 0. The molecule has 1 fully saturated rings. The van der Waals surface area contributed by atoms with Crippen LogP contribution in [0.15, 0.2) is 0 Å². The van der Waals surface area contributed by atoms with Crippen LogP contribution in [0.1, 0.15) is 33.6 Å². The third-order valence-electron chi connectivity index (χ3n) is 1.86. The maximum atomic E-state index is 5.55. The second-order valence-corrected chi connectivity index (χ2v) is 5.74. The van der Waals surface area contributed by atoms with Crippen LogP contribution in [0.2, 0.25) is 0 Å². The van der Waals surface area contributed by atoms with Crippen molar-refractivity contribution in [3.8, 4) is 0 Å². The first-order valence-corrected chi connectivity index (χ1v) is 5.93. The minimum atomic E-state index is 0.462. The van der Waals surface area contributed by atoms with Crippen molar-refractivity contribution in [2.45, 2.75) is 39.7 Å². The lowest BCUT2D eigenvalue weighted by Gasteiger charge is -2.18. The molecule has 1 unspecified atom stereocenters. The fourth-order valence-corrected chi connectivity index (χ4v) is 2.53. The Labute approximate surface area is 80.3 Å². The van der Waals surface area contributed by atoms with Gasteiger partial charge in [-0.25, -0.2) is 0 Å². The third-order valence-corrected chi connectivity index (χ3v) is 3.54. The van der Waals surface area contributed by atoms with E-state index in [1.807, 2.05) is 11.8 Å². The lowest BCUT2D eigenvalue weighted by molar-refractivity contribution is 0.129. The molecule has 1 atom stereocenters. The Morgan fingerprint density at radius 2 is 2.17 bits per heavy atom. The summed E-state index contributed by atoms with van der Waals surface area (Å²) in [5.74, 6) is 2.43. The van der Waals surface area contributed by atoms with E-state index in [1.165, 1.54) is 24.3 Å². The molecule has 12 heavy (non-hydrogen) atoms. The minimum absolute atomic E-state index is 0.462. The van der Waals surface area contributed by atoms with Gasteiger partial charge in [0.1, 0.15) is 0 Å². The van der Waals surface area contributed by atoms with Crippen molar-refractivity contribution < 1.29 is 4.74 Å². The lowest BCUT2D eigenvalue weighted by atomic mass is 10.0. The highest BCUT2D eigenvalue weighted by molar-refractivity contribution is 7.99. The first-order valence-electron chi connectivity index (χ1n) is 4.77. The maximum Gasteiger partial charge on any atom is 0.0666 e. The fourth-order valence-electron chi connectivity index (χ4n) is 1.27. The molecule has 1 heterocycles. The van der Waals surface area contributed by atoms with E-state index in [-0.39, 0.29) is 0 Å². The summed E-state index contributed by atoms with van der Waals surface area (Å²) in [4.78, 5) is 0. The molecule has 1 aliphatic rings. The van der Waals surface area contributed by atoms with E-state index in [0.29, 0.717) is 11.5 Å². The first kappa shape index (κ1) is 10.4. The highest BCUT2D eigenvalue weighted by atomic mass is 32.2. The average molecular weight is 188 g/mol. The second-order valence-electron chi connectivity index (χ2n) is 4.71. The Morgan fingerprint density at radius 3 is 2.67 bits per heavy atom. The predicted molar refractivity (Wildman–Crippen MR) is 55.8 cm³/mol. The van der Waals surface area contributed by atoms with E-state index in [1.54, 1.807) is 0 Å². The Kier molecular flexibility index (Phi) is 3.91. The van der Waals surface area contributed by atoms with Gasteiger partial charge < -0.3 is 4.74 Å². The molecule has 0 spiro atoms. The summed E-state index contributed by atoms with van der Waals surface area (Å²) in [5.41, 5.74) is 0.462. The van der Waals surface area contributed by atoms with Gasteiger partial charge in [0, 0.05) is 12.4 Å². The molecule has 0 N–H and O–H groups in total. The third kappa shape index (κ3) is 4.36. The molecule has 1 nitrogen and oxygen atoms in total. The molecular formula is C10H20OS. The Balaban J connectivity index is 2.02. The molecule has 0 aromatic carbocycles. The SMILES string of the molecule is CC(C)(C)CSCC1CCCO1. The van der Waals surface area contributed by atoms with Crippen LogP contribution in [0.4, 0.5) is 0 Å². The highest BCUT2D eigenvalue weighted by Crippen LogP contribution is 2.23. The average Bonchev–Trinajstić information content (AvgIpc) is 2.36. The van der Waals surface area contributed by atoms with Gasteiger partial charge in [0.2, 0.25) is 0 Å². The standard InChI is InChI=1S/C10H20OS/c1-10(2,3)8-12-7-9-5-4-6-11-9/h9H,4-8H2,1-3H3. The van der Waals surface area contributed by atoms with Gasteiger partial charge >= 0.3 is 0 Å². The zero-order valence-electron chi connectivity index (χ0n) is 8.43. The number of thioether (sulfide) groups is 1. The van der Waals surface area contributed by atoms with Crippen molar-refractivity contribution in [2.75, 3.05) is 18.1 Å². The van der Waals surface area contributed by atoms with Gasteiger partial charge in [-0.1, -0.05) is 20.8 Å². The number of rotatable bonds is 3. The van der Waals surface area contributed by atoms with Crippen LogP contribution >= 0.6 is 11.8 Å². The molecule has 0 radical (unpaired) electrons. The highest BCUT2D eigenvalue weighted by Gasteiger charge is 2.17. The van der Waals surface area contributed by atoms with Crippen LogP contribution < -0.4 is 0 Å². The topological polar surface area (TPSA) is 9.23 Å². The minimum Gasteiger partial charge on any atom is -0.377 e. The largest absolute Gasteiger partial charge is 0.377 e. The summed E-state index contributed by atoms with van der Waals surface area (Å²) < 4.78 is 5.55. The van der Waals surface area contributed by atoms with Gasteiger partial charge in [-0.3, -0.25) is 0 Å². The zero-order chi connectivity index (χ0) is 9.03. The van der Waals surface area contributed by atoms with E-state index in [9.17, 15) is 0 Å². The quantitative estimate of drug-likeness (QED) is 0.673. The zero-order valence-corrected chi connectivity index (χ0v) is 9.25. The molecular weight excluding hydrogens is 168 g/mol. The first-order chi connectivity index (χ1) is 5.58. The van der Waals surface area contributed by atoms with Crippen molar-refractivity contribution in [3.63, 3.8) is 0 Å². The van der Waals surface area contributed by atoms with E-state index in [2.05, 4.69) is 20.8 Å². The van der Waals surface area contributed by atoms with Crippen molar-refractivity contribution in [3.05, 3.63) is 0 Å². The van der Waals surface area contributed by atoms with Crippen molar-refractivity contribution in [1.29, 1.82) is 0 Å². The molecule has 0 saturated carbocycles. The Hall–Kier alpha value is 0.310. The monoisotopic (exact) mass is 188 g/mol.